The summed E-state index contributed by atoms with van der Waals surface area (Å²) in [4.78, 5) is 9.88. The van der Waals surface area contributed by atoms with Crippen LogP contribution in [0.5, 0.6) is 0 Å². The van der Waals surface area contributed by atoms with Gasteiger partial charge in [0.15, 0.2) is 0 Å². The highest BCUT2D eigenvalue weighted by atomic mass is 19.1. The van der Waals surface area contributed by atoms with Crippen molar-refractivity contribution in [2.75, 3.05) is 11.9 Å². The maximum Gasteiger partial charge on any atom is 0.306 e. The molecule has 1 fully saturated rings. The van der Waals surface area contributed by atoms with Crippen LogP contribution in [0.15, 0.2) is 18.2 Å². The van der Waals surface area contributed by atoms with Gasteiger partial charge in [-0.1, -0.05) is 0 Å². The molecule has 0 aromatic heterocycles. The molecule has 1 N–H and O–H groups in total. The van der Waals surface area contributed by atoms with Crippen LogP contribution in [0.1, 0.15) is 19.8 Å². The fourth-order valence-corrected chi connectivity index (χ4v) is 2.03. The number of anilines is 1. The molecule has 5 nitrogen and oxygen atoms in total. The van der Waals surface area contributed by atoms with Gasteiger partial charge in [0.05, 0.1) is 11.0 Å². The molecule has 1 aliphatic rings. The van der Waals surface area contributed by atoms with Crippen molar-refractivity contribution in [2.45, 2.75) is 31.9 Å². The molecule has 18 heavy (non-hydrogen) atoms. The molecular formula is C12H15FN2O3. The smallest absolute Gasteiger partial charge is 0.306 e. The van der Waals surface area contributed by atoms with E-state index in [2.05, 4.69) is 5.32 Å². The zero-order valence-electron chi connectivity index (χ0n) is 10.1. The summed E-state index contributed by atoms with van der Waals surface area (Å²) in [5.41, 5.74) is 0.0729. The first-order valence-electron chi connectivity index (χ1n) is 5.92. The van der Waals surface area contributed by atoms with Crippen molar-refractivity contribution in [3.63, 3.8) is 0 Å². The standard InChI is InChI=1S/C12H15FN2O3/c1-2-18-10-5-9(6-10)14-8-3-4-11(13)12(7-8)15(16)17/h3-4,7,9-10,14H,2,5-6H2,1H3. The van der Waals surface area contributed by atoms with Crippen LogP contribution in [0.2, 0.25) is 0 Å². The van der Waals surface area contributed by atoms with Crippen molar-refractivity contribution in [3.8, 4) is 0 Å². The first-order chi connectivity index (χ1) is 8.60. The number of nitro benzene ring substituents is 1. The Morgan fingerprint density at radius 3 is 2.89 bits per heavy atom. The third-order valence-corrected chi connectivity index (χ3v) is 3.01. The number of hydrogen-bond donors (Lipinski definition) is 1. The average molecular weight is 254 g/mol. The summed E-state index contributed by atoms with van der Waals surface area (Å²) in [6.45, 7) is 2.64. The molecule has 1 saturated carbocycles. The van der Waals surface area contributed by atoms with E-state index in [1.807, 2.05) is 6.92 Å². The van der Waals surface area contributed by atoms with E-state index in [0.29, 0.717) is 12.3 Å². The van der Waals surface area contributed by atoms with Gasteiger partial charge in [-0.15, -0.1) is 0 Å². The van der Waals surface area contributed by atoms with E-state index in [9.17, 15) is 14.5 Å². The van der Waals surface area contributed by atoms with E-state index >= 15 is 0 Å². The molecule has 98 valence electrons. The normalized spacial score (nSPS) is 22.3. The summed E-state index contributed by atoms with van der Waals surface area (Å²) < 4.78 is 18.5. The lowest BCUT2D eigenvalue weighted by Crippen LogP contribution is -2.40. The lowest BCUT2D eigenvalue weighted by Gasteiger charge is -2.36. The Balaban J connectivity index is 1.95. The largest absolute Gasteiger partial charge is 0.382 e. The quantitative estimate of drug-likeness (QED) is 0.648. The van der Waals surface area contributed by atoms with Crippen molar-refractivity contribution >= 4 is 11.4 Å². The van der Waals surface area contributed by atoms with Gasteiger partial charge in [0.2, 0.25) is 5.82 Å². The molecular weight excluding hydrogens is 239 g/mol. The van der Waals surface area contributed by atoms with E-state index in [4.69, 9.17) is 4.74 Å². The van der Waals surface area contributed by atoms with Crippen molar-refractivity contribution < 1.29 is 14.1 Å². The third kappa shape index (κ3) is 2.76. The van der Waals surface area contributed by atoms with Crippen LogP contribution in [-0.2, 0) is 4.74 Å². The van der Waals surface area contributed by atoms with Crippen LogP contribution in [0.4, 0.5) is 15.8 Å². The Morgan fingerprint density at radius 1 is 1.56 bits per heavy atom. The third-order valence-electron chi connectivity index (χ3n) is 3.01. The van der Waals surface area contributed by atoms with Gasteiger partial charge in [-0.05, 0) is 31.9 Å². The summed E-state index contributed by atoms with van der Waals surface area (Å²) in [5.74, 6) is -0.814. The number of hydrogen-bond acceptors (Lipinski definition) is 4. The van der Waals surface area contributed by atoms with Crippen LogP contribution >= 0.6 is 0 Å². The highest BCUT2D eigenvalue weighted by molar-refractivity contribution is 5.52. The lowest BCUT2D eigenvalue weighted by molar-refractivity contribution is -0.387. The zero-order valence-corrected chi connectivity index (χ0v) is 10.1. The second-order valence-electron chi connectivity index (χ2n) is 4.31. The molecule has 0 unspecified atom stereocenters. The van der Waals surface area contributed by atoms with E-state index in [1.54, 1.807) is 0 Å². The Bertz CT molecular complexity index is 447. The second kappa shape index (κ2) is 5.30. The summed E-state index contributed by atoms with van der Waals surface area (Å²) in [6, 6.07) is 4.09. The predicted octanol–water partition coefficient (Wildman–Crippen LogP) is 2.71. The molecule has 0 bridgehead atoms. The SMILES string of the molecule is CCOC1CC(Nc2ccc(F)c([N+](=O)[O-])c2)C1. The molecule has 0 radical (unpaired) electrons. The Hall–Kier alpha value is -1.69. The van der Waals surface area contributed by atoms with E-state index in [0.717, 1.165) is 18.9 Å². The maximum absolute atomic E-state index is 13.1. The summed E-state index contributed by atoms with van der Waals surface area (Å²) in [6.07, 6.45) is 2.01. The van der Waals surface area contributed by atoms with Crippen molar-refractivity contribution in [1.29, 1.82) is 0 Å². The Labute approximate surface area is 104 Å². The summed E-state index contributed by atoms with van der Waals surface area (Å²) >= 11 is 0. The number of rotatable bonds is 5. The van der Waals surface area contributed by atoms with Gasteiger partial charge in [-0.3, -0.25) is 10.1 Å². The van der Waals surface area contributed by atoms with Gasteiger partial charge in [0.1, 0.15) is 0 Å². The molecule has 0 amide bonds. The highest BCUT2D eigenvalue weighted by Crippen LogP contribution is 2.28. The van der Waals surface area contributed by atoms with Crippen LogP contribution < -0.4 is 5.32 Å². The Morgan fingerprint density at radius 2 is 2.28 bits per heavy atom. The molecule has 0 spiro atoms. The van der Waals surface area contributed by atoms with E-state index < -0.39 is 16.4 Å². The van der Waals surface area contributed by atoms with Crippen molar-refractivity contribution in [2.24, 2.45) is 0 Å². The topological polar surface area (TPSA) is 64.4 Å². The van der Waals surface area contributed by atoms with Gasteiger partial charge in [0.25, 0.3) is 0 Å². The molecule has 6 heteroatoms. The minimum atomic E-state index is -0.814. The van der Waals surface area contributed by atoms with Crippen molar-refractivity contribution in [1.82, 2.24) is 0 Å². The molecule has 0 aliphatic heterocycles. The van der Waals surface area contributed by atoms with Crippen LogP contribution in [0.3, 0.4) is 0 Å². The van der Waals surface area contributed by atoms with E-state index in [-0.39, 0.29) is 12.1 Å². The van der Waals surface area contributed by atoms with Crippen LogP contribution in [0.25, 0.3) is 0 Å². The fourth-order valence-electron chi connectivity index (χ4n) is 2.03. The highest BCUT2D eigenvalue weighted by Gasteiger charge is 2.29. The molecule has 0 saturated heterocycles. The number of benzene rings is 1. The number of halogens is 1. The average Bonchev–Trinajstić information content (AvgIpc) is 2.28. The van der Waals surface area contributed by atoms with Gasteiger partial charge in [0, 0.05) is 24.4 Å². The first kappa shape index (κ1) is 12.8. The van der Waals surface area contributed by atoms with Gasteiger partial charge < -0.3 is 10.1 Å². The van der Waals surface area contributed by atoms with E-state index in [1.165, 1.54) is 12.1 Å². The Kier molecular flexibility index (Phi) is 3.76. The monoisotopic (exact) mass is 254 g/mol. The van der Waals surface area contributed by atoms with Crippen LogP contribution in [-0.4, -0.2) is 23.7 Å². The molecule has 1 aromatic carbocycles. The predicted molar refractivity (Wildman–Crippen MR) is 65.1 cm³/mol. The lowest BCUT2D eigenvalue weighted by atomic mass is 9.89. The molecule has 0 atom stereocenters. The van der Waals surface area contributed by atoms with Crippen molar-refractivity contribution in [3.05, 3.63) is 34.1 Å². The molecule has 1 aliphatic carbocycles. The maximum atomic E-state index is 13.1. The fraction of sp³-hybridized carbons (Fsp3) is 0.500. The summed E-state index contributed by atoms with van der Waals surface area (Å²) in [5, 5.41) is 13.7. The van der Waals surface area contributed by atoms with Crippen LogP contribution in [0, 0.1) is 15.9 Å². The number of nitrogens with zero attached hydrogens (tertiary/aromatic N) is 1. The number of nitro groups is 1. The second-order valence-corrected chi connectivity index (χ2v) is 4.31. The van der Waals surface area contributed by atoms with Gasteiger partial charge >= 0.3 is 5.69 Å². The molecule has 0 heterocycles. The summed E-state index contributed by atoms with van der Waals surface area (Å²) in [7, 11) is 0. The van der Waals surface area contributed by atoms with Gasteiger partial charge in [-0.25, -0.2) is 0 Å². The minimum absolute atomic E-state index is 0.242. The number of ether oxygens (including phenoxy) is 1. The minimum Gasteiger partial charge on any atom is -0.382 e. The van der Waals surface area contributed by atoms with Gasteiger partial charge in [-0.2, -0.15) is 4.39 Å². The first-order valence-corrected chi connectivity index (χ1v) is 5.92. The molecule has 1 aromatic rings. The zero-order chi connectivity index (χ0) is 13.1. The molecule has 2 rings (SSSR count). The number of nitrogens with one attached hydrogen (secondary N) is 1.